The van der Waals surface area contributed by atoms with E-state index in [1.54, 1.807) is 13.1 Å². The topological polar surface area (TPSA) is 42.0 Å². The number of amides is 1. The van der Waals surface area contributed by atoms with Crippen molar-refractivity contribution < 1.29 is 9.18 Å². The van der Waals surface area contributed by atoms with E-state index in [1.807, 2.05) is 30.3 Å². The Bertz CT molecular complexity index is 830. The largest absolute Gasteiger partial charge is 0.321 e. The van der Waals surface area contributed by atoms with Crippen molar-refractivity contribution >= 4 is 22.5 Å². The van der Waals surface area contributed by atoms with Crippen molar-refractivity contribution in [2.45, 2.75) is 6.92 Å². The van der Waals surface area contributed by atoms with Gasteiger partial charge in [-0.1, -0.05) is 18.2 Å². The van der Waals surface area contributed by atoms with Gasteiger partial charge in [0.15, 0.2) is 0 Å². The molecule has 1 amide bonds. The van der Waals surface area contributed by atoms with Crippen LogP contribution in [0.4, 0.5) is 10.1 Å². The molecular weight excluding hydrogens is 267 g/mol. The standard InChI is InChI=1S/C17H13FN2O/c1-11-8-13(18)6-7-15(11)17(21)20-14-9-12-4-2-3-5-16(12)19-10-14/h2-10H,1H3,(H,20,21). The monoisotopic (exact) mass is 280 g/mol. The Morgan fingerprint density at radius 3 is 2.76 bits per heavy atom. The molecule has 1 aromatic heterocycles. The summed E-state index contributed by atoms with van der Waals surface area (Å²) in [5.74, 6) is -0.624. The second-order valence-electron chi connectivity index (χ2n) is 4.83. The second kappa shape index (κ2) is 5.32. The van der Waals surface area contributed by atoms with Gasteiger partial charge in [0.25, 0.3) is 5.91 Å². The van der Waals surface area contributed by atoms with Crippen LogP contribution in [0.15, 0.2) is 54.7 Å². The summed E-state index contributed by atoms with van der Waals surface area (Å²) in [6.45, 7) is 1.70. The molecule has 0 atom stereocenters. The van der Waals surface area contributed by atoms with Gasteiger partial charge in [-0.05, 0) is 42.8 Å². The maximum atomic E-state index is 13.1. The quantitative estimate of drug-likeness (QED) is 0.772. The predicted octanol–water partition coefficient (Wildman–Crippen LogP) is 3.93. The summed E-state index contributed by atoms with van der Waals surface area (Å²) in [6.07, 6.45) is 1.61. The maximum Gasteiger partial charge on any atom is 0.255 e. The minimum atomic E-state index is -0.351. The molecule has 3 aromatic rings. The summed E-state index contributed by atoms with van der Waals surface area (Å²) in [6, 6.07) is 13.6. The van der Waals surface area contributed by atoms with Crippen molar-refractivity contribution in [1.29, 1.82) is 0 Å². The number of carbonyl (C=O) groups is 1. The number of rotatable bonds is 2. The van der Waals surface area contributed by atoms with Gasteiger partial charge < -0.3 is 5.32 Å². The zero-order valence-corrected chi connectivity index (χ0v) is 11.4. The first-order valence-corrected chi connectivity index (χ1v) is 6.56. The van der Waals surface area contributed by atoms with Gasteiger partial charge in [-0.25, -0.2) is 4.39 Å². The highest BCUT2D eigenvalue weighted by atomic mass is 19.1. The Morgan fingerprint density at radius 1 is 1.14 bits per heavy atom. The predicted molar refractivity (Wildman–Crippen MR) is 80.8 cm³/mol. The number of hydrogen-bond donors (Lipinski definition) is 1. The molecule has 4 heteroatoms. The Morgan fingerprint density at radius 2 is 1.95 bits per heavy atom. The van der Waals surface area contributed by atoms with Crippen molar-refractivity contribution in [3.8, 4) is 0 Å². The summed E-state index contributed by atoms with van der Waals surface area (Å²) >= 11 is 0. The molecule has 0 spiro atoms. The summed E-state index contributed by atoms with van der Waals surface area (Å²) in [7, 11) is 0. The number of nitrogens with zero attached hydrogens (tertiary/aromatic N) is 1. The zero-order valence-electron chi connectivity index (χ0n) is 11.4. The molecule has 0 bridgehead atoms. The van der Waals surface area contributed by atoms with Crippen molar-refractivity contribution in [3.63, 3.8) is 0 Å². The van der Waals surface area contributed by atoms with E-state index >= 15 is 0 Å². The highest BCUT2D eigenvalue weighted by molar-refractivity contribution is 6.05. The normalized spacial score (nSPS) is 10.6. The Labute approximate surface area is 121 Å². The first-order valence-electron chi connectivity index (χ1n) is 6.56. The molecule has 1 heterocycles. The number of fused-ring (bicyclic) bond motifs is 1. The van der Waals surface area contributed by atoms with Gasteiger partial charge in [-0.3, -0.25) is 9.78 Å². The highest BCUT2D eigenvalue weighted by Gasteiger charge is 2.10. The van der Waals surface area contributed by atoms with Crippen LogP contribution in [0.5, 0.6) is 0 Å². The third kappa shape index (κ3) is 2.74. The Hall–Kier alpha value is -2.75. The van der Waals surface area contributed by atoms with Crippen LogP contribution in [0.3, 0.4) is 0 Å². The minimum Gasteiger partial charge on any atom is -0.321 e. The van der Waals surface area contributed by atoms with E-state index in [-0.39, 0.29) is 11.7 Å². The van der Waals surface area contributed by atoms with E-state index in [9.17, 15) is 9.18 Å². The van der Waals surface area contributed by atoms with E-state index in [0.717, 1.165) is 10.9 Å². The van der Waals surface area contributed by atoms with Crippen LogP contribution in [0.25, 0.3) is 10.9 Å². The number of carbonyl (C=O) groups excluding carboxylic acids is 1. The fraction of sp³-hybridized carbons (Fsp3) is 0.0588. The molecule has 0 radical (unpaired) electrons. The molecule has 0 saturated heterocycles. The van der Waals surface area contributed by atoms with E-state index in [2.05, 4.69) is 10.3 Å². The third-order valence-electron chi connectivity index (χ3n) is 3.28. The first kappa shape index (κ1) is 13.2. The fourth-order valence-corrected chi connectivity index (χ4v) is 2.22. The van der Waals surface area contributed by atoms with E-state index in [4.69, 9.17) is 0 Å². The number of halogens is 1. The Balaban J connectivity index is 1.89. The summed E-state index contributed by atoms with van der Waals surface area (Å²) in [4.78, 5) is 16.5. The molecule has 0 saturated carbocycles. The number of para-hydroxylation sites is 1. The molecular formula is C17H13FN2O. The van der Waals surface area contributed by atoms with Crippen molar-refractivity contribution in [1.82, 2.24) is 4.98 Å². The molecule has 0 aliphatic heterocycles. The number of aryl methyl sites for hydroxylation is 1. The van der Waals surface area contributed by atoms with Crippen LogP contribution in [0, 0.1) is 12.7 Å². The van der Waals surface area contributed by atoms with Crippen LogP contribution < -0.4 is 5.32 Å². The number of anilines is 1. The highest BCUT2D eigenvalue weighted by Crippen LogP contribution is 2.18. The molecule has 1 N–H and O–H groups in total. The maximum absolute atomic E-state index is 13.1. The molecule has 3 nitrogen and oxygen atoms in total. The number of benzene rings is 2. The number of nitrogens with one attached hydrogen (secondary N) is 1. The molecule has 0 aliphatic carbocycles. The minimum absolute atomic E-state index is 0.274. The number of aromatic nitrogens is 1. The lowest BCUT2D eigenvalue weighted by Gasteiger charge is -2.08. The SMILES string of the molecule is Cc1cc(F)ccc1C(=O)Nc1cnc2ccccc2c1. The number of pyridine rings is 1. The van der Waals surface area contributed by atoms with Crippen LogP contribution >= 0.6 is 0 Å². The lowest BCUT2D eigenvalue weighted by Crippen LogP contribution is -2.13. The second-order valence-corrected chi connectivity index (χ2v) is 4.83. The molecule has 0 fully saturated rings. The zero-order chi connectivity index (χ0) is 14.8. The van der Waals surface area contributed by atoms with Crippen LogP contribution in [-0.2, 0) is 0 Å². The average Bonchev–Trinajstić information content (AvgIpc) is 2.47. The van der Waals surface area contributed by atoms with Gasteiger partial charge in [0, 0.05) is 10.9 Å². The molecule has 104 valence electrons. The molecule has 0 aliphatic rings. The Kier molecular flexibility index (Phi) is 3.36. The van der Waals surface area contributed by atoms with Gasteiger partial charge in [0.1, 0.15) is 5.82 Å². The number of hydrogen-bond acceptors (Lipinski definition) is 2. The molecule has 2 aromatic carbocycles. The van der Waals surface area contributed by atoms with Crippen molar-refractivity contribution in [2.75, 3.05) is 5.32 Å². The van der Waals surface area contributed by atoms with Crippen LogP contribution in [-0.4, -0.2) is 10.9 Å². The first-order chi connectivity index (χ1) is 10.1. The smallest absolute Gasteiger partial charge is 0.255 e. The van der Waals surface area contributed by atoms with Gasteiger partial charge in [-0.15, -0.1) is 0 Å². The van der Waals surface area contributed by atoms with Gasteiger partial charge >= 0.3 is 0 Å². The fourth-order valence-electron chi connectivity index (χ4n) is 2.22. The molecule has 21 heavy (non-hydrogen) atoms. The van der Waals surface area contributed by atoms with Crippen molar-refractivity contribution in [2.24, 2.45) is 0 Å². The van der Waals surface area contributed by atoms with Gasteiger partial charge in [0.2, 0.25) is 0 Å². The summed E-state index contributed by atoms with van der Waals surface area (Å²) in [5, 5.41) is 3.74. The lowest BCUT2D eigenvalue weighted by molar-refractivity contribution is 0.102. The van der Waals surface area contributed by atoms with Crippen LogP contribution in [0.2, 0.25) is 0 Å². The average molecular weight is 280 g/mol. The van der Waals surface area contributed by atoms with Gasteiger partial charge in [0.05, 0.1) is 17.4 Å². The van der Waals surface area contributed by atoms with Gasteiger partial charge in [-0.2, -0.15) is 0 Å². The lowest BCUT2D eigenvalue weighted by atomic mass is 10.1. The van der Waals surface area contributed by atoms with E-state index in [1.165, 1.54) is 18.2 Å². The van der Waals surface area contributed by atoms with Crippen LogP contribution in [0.1, 0.15) is 15.9 Å². The third-order valence-corrected chi connectivity index (χ3v) is 3.28. The molecule has 0 unspecified atom stereocenters. The summed E-state index contributed by atoms with van der Waals surface area (Å²) in [5.41, 5.74) is 2.53. The van der Waals surface area contributed by atoms with E-state index in [0.29, 0.717) is 16.8 Å². The molecule has 3 rings (SSSR count). The van der Waals surface area contributed by atoms with Crippen molar-refractivity contribution in [3.05, 3.63) is 71.7 Å². The summed E-state index contributed by atoms with van der Waals surface area (Å²) < 4.78 is 13.1. The van der Waals surface area contributed by atoms with E-state index < -0.39 is 0 Å².